The van der Waals surface area contributed by atoms with E-state index in [2.05, 4.69) is 21.2 Å². The predicted octanol–water partition coefficient (Wildman–Crippen LogP) is 4.30. The number of alkyl halides is 1. The molecule has 2 aromatic rings. The summed E-state index contributed by atoms with van der Waals surface area (Å²) < 4.78 is 5.76. The standard InChI is InChI=1S/C17H18BrNO2/c1-12-10-15(21-11-14-6-4-3-5-7-14)8-9-16(12)19-17(20)13(2)18/h3-10,13H,11H2,1-2H3,(H,19,20). The molecule has 110 valence electrons. The van der Waals surface area contributed by atoms with Crippen molar-refractivity contribution in [2.75, 3.05) is 5.32 Å². The maximum Gasteiger partial charge on any atom is 0.237 e. The number of rotatable bonds is 5. The summed E-state index contributed by atoms with van der Waals surface area (Å²) in [5, 5.41) is 2.87. The monoisotopic (exact) mass is 347 g/mol. The number of carbonyl (C=O) groups excluding carboxylic acids is 1. The van der Waals surface area contributed by atoms with E-state index in [0.29, 0.717) is 6.61 Å². The number of hydrogen-bond donors (Lipinski definition) is 1. The number of hydrogen-bond acceptors (Lipinski definition) is 2. The SMILES string of the molecule is Cc1cc(OCc2ccccc2)ccc1NC(=O)C(C)Br. The molecule has 1 amide bonds. The van der Waals surface area contributed by atoms with Gasteiger partial charge < -0.3 is 10.1 Å². The maximum atomic E-state index is 11.7. The lowest BCUT2D eigenvalue weighted by molar-refractivity contribution is -0.115. The molecule has 0 saturated heterocycles. The zero-order chi connectivity index (χ0) is 15.2. The fourth-order valence-electron chi connectivity index (χ4n) is 1.84. The highest BCUT2D eigenvalue weighted by molar-refractivity contribution is 9.10. The first-order chi connectivity index (χ1) is 10.1. The van der Waals surface area contributed by atoms with Crippen LogP contribution in [-0.4, -0.2) is 10.7 Å². The number of anilines is 1. The van der Waals surface area contributed by atoms with Crippen LogP contribution in [0.1, 0.15) is 18.1 Å². The molecule has 0 aromatic heterocycles. The molecule has 3 nitrogen and oxygen atoms in total. The second-order valence-corrected chi connectivity index (χ2v) is 6.23. The van der Waals surface area contributed by atoms with Gasteiger partial charge in [-0.3, -0.25) is 4.79 Å². The third kappa shape index (κ3) is 4.60. The van der Waals surface area contributed by atoms with Crippen molar-refractivity contribution < 1.29 is 9.53 Å². The predicted molar refractivity (Wildman–Crippen MR) is 89.0 cm³/mol. The number of amides is 1. The lowest BCUT2D eigenvalue weighted by Gasteiger charge is -2.12. The Labute approximate surface area is 133 Å². The molecule has 1 unspecified atom stereocenters. The van der Waals surface area contributed by atoms with E-state index >= 15 is 0 Å². The summed E-state index contributed by atoms with van der Waals surface area (Å²) in [6.07, 6.45) is 0. The highest BCUT2D eigenvalue weighted by Gasteiger charge is 2.10. The summed E-state index contributed by atoms with van der Waals surface area (Å²) in [7, 11) is 0. The number of nitrogens with one attached hydrogen (secondary N) is 1. The van der Waals surface area contributed by atoms with Crippen molar-refractivity contribution in [2.24, 2.45) is 0 Å². The van der Waals surface area contributed by atoms with Gasteiger partial charge in [0.25, 0.3) is 0 Å². The summed E-state index contributed by atoms with van der Waals surface area (Å²) in [4.78, 5) is 11.5. The lowest BCUT2D eigenvalue weighted by Crippen LogP contribution is -2.20. The van der Waals surface area contributed by atoms with Crippen LogP contribution in [0.25, 0.3) is 0 Å². The van der Waals surface area contributed by atoms with Crippen LogP contribution in [0.3, 0.4) is 0 Å². The van der Waals surface area contributed by atoms with Gasteiger partial charge in [0.2, 0.25) is 5.91 Å². The molecular weight excluding hydrogens is 330 g/mol. The molecule has 0 bridgehead atoms. The van der Waals surface area contributed by atoms with E-state index in [1.807, 2.05) is 55.5 Å². The highest BCUT2D eigenvalue weighted by Crippen LogP contribution is 2.22. The van der Waals surface area contributed by atoms with Crippen molar-refractivity contribution in [3.63, 3.8) is 0 Å². The van der Waals surface area contributed by atoms with Gasteiger partial charge in [-0.2, -0.15) is 0 Å². The third-order valence-electron chi connectivity index (χ3n) is 3.07. The normalized spacial score (nSPS) is 11.8. The summed E-state index contributed by atoms with van der Waals surface area (Å²) in [6, 6.07) is 15.7. The number of carbonyl (C=O) groups is 1. The van der Waals surface area contributed by atoms with Crippen LogP contribution < -0.4 is 10.1 Å². The first kappa shape index (κ1) is 15.6. The Balaban J connectivity index is 2.00. The molecule has 0 spiro atoms. The molecule has 1 atom stereocenters. The Morgan fingerprint density at radius 2 is 1.95 bits per heavy atom. The van der Waals surface area contributed by atoms with Gasteiger partial charge in [-0.25, -0.2) is 0 Å². The van der Waals surface area contributed by atoms with E-state index in [-0.39, 0.29) is 10.7 Å². The molecule has 0 aliphatic carbocycles. The minimum absolute atomic E-state index is 0.0592. The zero-order valence-corrected chi connectivity index (χ0v) is 13.7. The van der Waals surface area contributed by atoms with Gasteiger partial charge in [-0.05, 0) is 43.2 Å². The fraction of sp³-hybridized carbons (Fsp3) is 0.235. The largest absolute Gasteiger partial charge is 0.489 e. The van der Waals surface area contributed by atoms with Gasteiger partial charge in [0, 0.05) is 5.69 Å². The van der Waals surface area contributed by atoms with E-state index in [1.54, 1.807) is 6.92 Å². The summed E-state index contributed by atoms with van der Waals surface area (Å²) in [5.41, 5.74) is 2.90. The van der Waals surface area contributed by atoms with Crippen LogP contribution in [0.5, 0.6) is 5.75 Å². The van der Waals surface area contributed by atoms with E-state index in [0.717, 1.165) is 22.6 Å². The minimum Gasteiger partial charge on any atom is -0.489 e. The van der Waals surface area contributed by atoms with E-state index < -0.39 is 0 Å². The second-order valence-electron chi connectivity index (χ2n) is 4.86. The molecular formula is C17H18BrNO2. The van der Waals surface area contributed by atoms with E-state index in [9.17, 15) is 4.79 Å². The van der Waals surface area contributed by atoms with Crippen LogP contribution in [0.4, 0.5) is 5.69 Å². The number of aryl methyl sites for hydroxylation is 1. The van der Waals surface area contributed by atoms with Crippen LogP contribution in [-0.2, 0) is 11.4 Å². The average Bonchev–Trinajstić information content (AvgIpc) is 2.48. The van der Waals surface area contributed by atoms with E-state index in [1.165, 1.54) is 0 Å². The molecule has 1 N–H and O–H groups in total. The van der Waals surface area contributed by atoms with Crippen LogP contribution in [0, 0.1) is 6.92 Å². The third-order valence-corrected chi connectivity index (χ3v) is 3.48. The van der Waals surface area contributed by atoms with Crippen LogP contribution in [0.15, 0.2) is 48.5 Å². The molecule has 21 heavy (non-hydrogen) atoms. The Morgan fingerprint density at radius 1 is 1.24 bits per heavy atom. The number of halogens is 1. The zero-order valence-electron chi connectivity index (χ0n) is 12.1. The molecule has 4 heteroatoms. The second kappa shape index (κ2) is 7.27. The van der Waals surface area contributed by atoms with Crippen LogP contribution in [0.2, 0.25) is 0 Å². The van der Waals surface area contributed by atoms with Crippen molar-refractivity contribution in [3.05, 3.63) is 59.7 Å². The van der Waals surface area contributed by atoms with Gasteiger partial charge in [-0.1, -0.05) is 46.3 Å². The summed E-state index contributed by atoms with van der Waals surface area (Å²) >= 11 is 3.25. The first-order valence-corrected chi connectivity index (χ1v) is 7.70. The number of ether oxygens (including phenoxy) is 1. The van der Waals surface area contributed by atoms with Crippen molar-refractivity contribution in [3.8, 4) is 5.75 Å². The maximum absolute atomic E-state index is 11.7. The van der Waals surface area contributed by atoms with Gasteiger partial charge >= 0.3 is 0 Å². The van der Waals surface area contributed by atoms with E-state index in [4.69, 9.17) is 4.74 Å². The topological polar surface area (TPSA) is 38.3 Å². The van der Waals surface area contributed by atoms with Crippen molar-refractivity contribution >= 4 is 27.5 Å². The van der Waals surface area contributed by atoms with Gasteiger partial charge in [0.15, 0.2) is 0 Å². The van der Waals surface area contributed by atoms with Crippen molar-refractivity contribution in [1.29, 1.82) is 0 Å². The molecule has 2 aromatic carbocycles. The molecule has 0 fully saturated rings. The quantitative estimate of drug-likeness (QED) is 0.819. The Kier molecular flexibility index (Phi) is 5.39. The first-order valence-electron chi connectivity index (χ1n) is 6.78. The molecule has 0 heterocycles. The lowest BCUT2D eigenvalue weighted by atomic mass is 10.2. The number of benzene rings is 2. The molecule has 0 aliphatic heterocycles. The molecule has 0 aliphatic rings. The van der Waals surface area contributed by atoms with Gasteiger partial charge in [0.05, 0.1) is 4.83 Å². The fourth-order valence-corrected chi connectivity index (χ4v) is 1.95. The summed E-state index contributed by atoms with van der Waals surface area (Å²) in [6.45, 7) is 4.27. The minimum atomic E-state index is -0.217. The molecule has 0 radical (unpaired) electrons. The molecule has 2 rings (SSSR count). The van der Waals surface area contributed by atoms with Gasteiger partial charge in [-0.15, -0.1) is 0 Å². The smallest absolute Gasteiger partial charge is 0.237 e. The Hall–Kier alpha value is -1.81. The van der Waals surface area contributed by atoms with Crippen molar-refractivity contribution in [2.45, 2.75) is 25.3 Å². The van der Waals surface area contributed by atoms with Crippen LogP contribution >= 0.6 is 15.9 Å². The summed E-state index contributed by atoms with van der Waals surface area (Å²) in [5.74, 6) is 0.734. The molecule has 0 saturated carbocycles. The van der Waals surface area contributed by atoms with Crippen molar-refractivity contribution in [1.82, 2.24) is 0 Å². The Bertz CT molecular complexity index is 611. The highest BCUT2D eigenvalue weighted by atomic mass is 79.9. The average molecular weight is 348 g/mol. The van der Waals surface area contributed by atoms with Gasteiger partial charge in [0.1, 0.15) is 12.4 Å². The Morgan fingerprint density at radius 3 is 2.57 bits per heavy atom.